The zero-order valence-electron chi connectivity index (χ0n) is 26.9. The predicted molar refractivity (Wildman–Crippen MR) is 213 cm³/mol. The highest BCUT2D eigenvalue weighted by Crippen LogP contribution is 2.46. The summed E-state index contributed by atoms with van der Waals surface area (Å²) < 4.78 is 11.6. The summed E-state index contributed by atoms with van der Waals surface area (Å²) in [5, 5.41) is 9.57. The molecule has 8 aromatic carbocycles. The molecule has 0 fully saturated rings. The zero-order chi connectivity index (χ0) is 32.8. The average molecular weight is 657 g/mol. The molecule has 0 amide bonds. The molecular weight excluding hydrogens is 629 g/mol. The van der Waals surface area contributed by atoms with E-state index in [1.165, 1.54) is 47.4 Å². The van der Waals surface area contributed by atoms with E-state index >= 15 is 0 Å². The summed E-state index contributed by atoms with van der Waals surface area (Å²) in [7, 11) is 0. The lowest BCUT2D eigenvalue weighted by Gasteiger charge is -2.27. The Morgan fingerprint density at radius 3 is 2.08 bits per heavy atom. The van der Waals surface area contributed by atoms with Crippen LogP contribution in [0.15, 0.2) is 174 Å². The van der Waals surface area contributed by atoms with Gasteiger partial charge in [0, 0.05) is 64.2 Å². The lowest BCUT2D eigenvalue weighted by molar-refractivity contribution is 0.672. The van der Waals surface area contributed by atoms with Crippen molar-refractivity contribution in [2.75, 3.05) is 4.90 Å². The van der Waals surface area contributed by atoms with Crippen molar-refractivity contribution in [1.82, 2.24) is 4.57 Å². The van der Waals surface area contributed by atoms with E-state index in [0.717, 1.165) is 50.1 Å². The molecule has 0 atom stereocenters. The highest BCUT2D eigenvalue weighted by Gasteiger charge is 2.23. The van der Waals surface area contributed by atoms with Crippen LogP contribution in [0.1, 0.15) is 0 Å². The predicted octanol–water partition coefficient (Wildman–Crippen LogP) is 13.7. The fourth-order valence-electron chi connectivity index (χ4n) is 7.94. The Morgan fingerprint density at radius 1 is 0.460 bits per heavy atom. The van der Waals surface area contributed by atoms with Gasteiger partial charge in [-0.05, 0) is 72.1 Å². The number of para-hydroxylation sites is 3. The molecule has 0 bridgehead atoms. The van der Waals surface area contributed by atoms with Crippen LogP contribution in [-0.4, -0.2) is 4.57 Å². The van der Waals surface area contributed by atoms with Crippen molar-refractivity contribution in [2.45, 2.75) is 0 Å². The van der Waals surface area contributed by atoms with E-state index in [-0.39, 0.29) is 0 Å². The highest BCUT2D eigenvalue weighted by atomic mass is 32.1. The SMILES string of the molecule is c1ccc(-n2c3ccccc3c3cccc(N(c4ccc5c(c4)sc4ccccc45)c4ccc5oc6c7ccccc7ccc6c5c4)c32)cc1. The lowest BCUT2D eigenvalue weighted by Crippen LogP contribution is -2.11. The molecule has 3 heterocycles. The third kappa shape index (κ3) is 3.97. The van der Waals surface area contributed by atoms with Gasteiger partial charge in [0.25, 0.3) is 0 Å². The van der Waals surface area contributed by atoms with Gasteiger partial charge >= 0.3 is 0 Å². The molecule has 0 saturated carbocycles. The van der Waals surface area contributed by atoms with Crippen LogP contribution in [0.25, 0.3) is 80.4 Å². The first-order valence-corrected chi connectivity index (χ1v) is 17.7. The molecule has 0 unspecified atom stereocenters. The summed E-state index contributed by atoms with van der Waals surface area (Å²) in [5.74, 6) is 0. The second-order valence-corrected chi connectivity index (χ2v) is 14.0. The Morgan fingerprint density at radius 2 is 1.16 bits per heavy atom. The van der Waals surface area contributed by atoms with Crippen molar-refractivity contribution in [3.63, 3.8) is 0 Å². The number of benzene rings is 8. The van der Waals surface area contributed by atoms with Gasteiger partial charge in [0.05, 0.1) is 16.7 Å². The Balaban J connectivity index is 1.23. The number of thiophene rings is 1. The normalized spacial score (nSPS) is 12.0. The summed E-state index contributed by atoms with van der Waals surface area (Å²) in [5.41, 5.74) is 8.60. The number of hydrogen-bond donors (Lipinski definition) is 0. The van der Waals surface area contributed by atoms with Gasteiger partial charge in [-0.25, -0.2) is 0 Å². The first-order valence-electron chi connectivity index (χ1n) is 16.9. The lowest BCUT2D eigenvalue weighted by atomic mass is 10.0. The van der Waals surface area contributed by atoms with Gasteiger partial charge in [-0.3, -0.25) is 0 Å². The van der Waals surface area contributed by atoms with E-state index in [4.69, 9.17) is 4.42 Å². The van der Waals surface area contributed by atoms with E-state index < -0.39 is 0 Å². The molecule has 11 rings (SSSR count). The monoisotopic (exact) mass is 656 g/mol. The Kier molecular flexibility index (Phi) is 5.83. The van der Waals surface area contributed by atoms with E-state index in [9.17, 15) is 0 Å². The third-order valence-corrected chi connectivity index (χ3v) is 11.3. The summed E-state index contributed by atoms with van der Waals surface area (Å²) in [4.78, 5) is 2.43. The second kappa shape index (κ2) is 10.6. The van der Waals surface area contributed by atoms with E-state index in [1.54, 1.807) is 0 Å². The maximum Gasteiger partial charge on any atom is 0.143 e. The van der Waals surface area contributed by atoms with Crippen LogP contribution in [-0.2, 0) is 0 Å². The summed E-state index contributed by atoms with van der Waals surface area (Å²) in [6.45, 7) is 0. The van der Waals surface area contributed by atoms with E-state index in [2.05, 4.69) is 179 Å². The van der Waals surface area contributed by atoms with Crippen molar-refractivity contribution in [3.05, 3.63) is 170 Å². The molecule has 3 nitrogen and oxygen atoms in total. The second-order valence-electron chi connectivity index (χ2n) is 12.9. The van der Waals surface area contributed by atoms with Gasteiger partial charge in [-0.1, -0.05) is 103 Å². The quantitative estimate of drug-likeness (QED) is 0.188. The minimum absolute atomic E-state index is 0.886. The molecule has 234 valence electrons. The van der Waals surface area contributed by atoms with Crippen LogP contribution in [0.4, 0.5) is 17.1 Å². The number of anilines is 3. The van der Waals surface area contributed by atoms with Crippen molar-refractivity contribution < 1.29 is 4.42 Å². The molecule has 0 aliphatic heterocycles. The number of aromatic nitrogens is 1. The molecule has 11 aromatic rings. The van der Waals surface area contributed by atoms with Crippen molar-refractivity contribution in [3.8, 4) is 5.69 Å². The molecule has 0 saturated heterocycles. The average Bonchev–Trinajstić information content (AvgIpc) is 3.85. The molecular formula is C46H28N2OS. The van der Waals surface area contributed by atoms with Crippen LogP contribution >= 0.6 is 11.3 Å². The Labute approximate surface area is 291 Å². The first kappa shape index (κ1) is 27.6. The number of rotatable bonds is 4. The molecule has 3 aromatic heterocycles. The topological polar surface area (TPSA) is 21.3 Å². The van der Waals surface area contributed by atoms with Crippen molar-refractivity contribution in [1.29, 1.82) is 0 Å². The maximum atomic E-state index is 6.57. The summed E-state index contributed by atoms with van der Waals surface area (Å²) >= 11 is 1.85. The van der Waals surface area contributed by atoms with Gasteiger partial charge in [-0.2, -0.15) is 0 Å². The molecule has 50 heavy (non-hydrogen) atoms. The highest BCUT2D eigenvalue weighted by molar-refractivity contribution is 7.25. The van der Waals surface area contributed by atoms with Crippen LogP contribution < -0.4 is 4.90 Å². The Bertz CT molecular complexity index is 3110. The minimum atomic E-state index is 0.886. The van der Waals surface area contributed by atoms with Gasteiger partial charge in [-0.15, -0.1) is 11.3 Å². The van der Waals surface area contributed by atoms with Crippen LogP contribution in [0.3, 0.4) is 0 Å². The van der Waals surface area contributed by atoms with Crippen molar-refractivity contribution >= 4 is 103 Å². The van der Waals surface area contributed by atoms with Crippen molar-refractivity contribution in [2.24, 2.45) is 0 Å². The smallest absolute Gasteiger partial charge is 0.143 e. The van der Waals surface area contributed by atoms with Gasteiger partial charge < -0.3 is 13.9 Å². The fourth-order valence-corrected chi connectivity index (χ4v) is 9.08. The van der Waals surface area contributed by atoms with Crippen LogP contribution in [0.5, 0.6) is 0 Å². The first-order chi connectivity index (χ1) is 24.8. The maximum absolute atomic E-state index is 6.57. The minimum Gasteiger partial charge on any atom is -0.455 e. The van der Waals surface area contributed by atoms with E-state index in [1.807, 2.05) is 11.3 Å². The molecule has 0 aliphatic rings. The summed E-state index contributed by atoms with van der Waals surface area (Å²) in [6.07, 6.45) is 0. The van der Waals surface area contributed by atoms with Gasteiger partial charge in [0.1, 0.15) is 11.2 Å². The van der Waals surface area contributed by atoms with E-state index in [0.29, 0.717) is 0 Å². The standard InChI is InChI=1S/C46H28N2OS/c1-2-12-30(13-3-1)48-40-18-8-6-15-34(40)37-17-10-19-41(45(37)48)47(32-22-25-36-35-16-7-9-20-43(35)50-44(36)28-32)31-23-26-42-39(27-31)38-24-21-29-11-4-5-14-33(29)46(38)49-42/h1-28H. The third-order valence-electron chi connectivity index (χ3n) is 10.2. The fraction of sp³-hybridized carbons (Fsp3) is 0. The number of fused-ring (bicyclic) bond motifs is 11. The number of hydrogen-bond acceptors (Lipinski definition) is 3. The zero-order valence-corrected chi connectivity index (χ0v) is 27.7. The van der Waals surface area contributed by atoms with Crippen LogP contribution in [0, 0.1) is 0 Å². The molecule has 0 spiro atoms. The number of nitrogens with zero attached hydrogens (tertiary/aromatic N) is 2. The molecule has 4 heteroatoms. The van der Waals surface area contributed by atoms with Gasteiger partial charge in [0.2, 0.25) is 0 Å². The summed E-state index contributed by atoms with van der Waals surface area (Å²) in [6, 6.07) is 61.3. The van der Waals surface area contributed by atoms with Gasteiger partial charge in [0.15, 0.2) is 0 Å². The largest absolute Gasteiger partial charge is 0.455 e. The number of furan rings is 1. The Hall–Kier alpha value is -6.36. The molecule has 0 radical (unpaired) electrons. The van der Waals surface area contributed by atoms with Crippen LogP contribution in [0.2, 0.25) is 0 Å². The molecule has 0 aliphatic carbocycles. The molecule has 0 N–H and O–H groups in total.